The van der Waals surface area contributed by atoms with Crippen molar-refractivity contribution in [3.63, 3.8) is 0 Å². The van der Waals surface area contributed by atoms with Crippen molar-refractivity contribution in [2.45, 2.75) is 125 Å². The Hall–Kier alpha value is -10.4. The van der Waals surface area contributed by atoms with E-state index in [1.54, 1.807) is 26.0 Å². The molecule has 0 bridgehead atoms. The molecular weight excluding hydrogens is 1280 g/mol. The van der Waals surface area contributed by atoms with E-state index < -0.39 is 33.0 Å². The van der Waals surface area contributed by atoms with Crippen LogP contribution in [0.1, 0.15) is 128 Å². The Morgan fingerprint density at radius 1 is 0.590 bits per heavy atom. The molecule has 2 aliphatic heterocycles. The Morgan fingerprint density at radius 3 is 1.30 bits per heavy atom. The van der Waals surface area contributed by atoms with Gasteiger partial charge in [-0.2, -0.15) is 0 Å². The van der Waals surface area contributed by atoms with Crippen molar-refractivity contribution in [2.75, 3.05) is 67.9 Å². The van der Waals surface area contributed by atoms with Crippen LogP contribution in [-0.2, 0) is 42.6 Å². The Labute approximate surface area is 580 Å². The number of nitrogens with zero attached hydrogens (tertiary/aromatic N) is 10. The molecule has 4 unspecified atom stereocenters. The van der Waals surface area contributed by atoms with Gasteiger partial charge in [0.15, 0.2) is 0 Å². The second-order valence-electron chi connectivity index (χ2n) is 29.9. The summed E-state index contributed by atoms with van der Waals surface area (Å²) < 4.78 is 37.1. The lowest BCUT2D eigenvalue weighted by atomic mass is 9.83. The van der Waals surface area contributed by atoms with Crippen LogP contribution in [0.25, 0.3) is 44.3 Å². The second-order valence-corrected chi connectivity index (χ2v) is 29.9. The van der Waals surface area contributed by atoms with E-state index in [2.05, 4.69) is 39.3 Å². The summed E-state index contributed by atoms with van der Waals surface area (Å²) in [7, 11) is 8.12. The fourth-order valence-electron chi connectivity index (χ4n) is 15.4. The van der Waals surface area contributed by atoms with Crippen molar-refractivity contribution in [3.8, 4) is 34.0 Å². The van der Waals surface area contributed by atoms with Crippen molar-refractivity contribution in [2.24, 2.45) is 48.6 Å². The molecule has 26 nitrogen and oxygen atoms in total. The van der Waals surface area contributed by atoms with E-state index in [-0.39, 0.29) is 63.3 Å². The highest BCUT2D eigenvalue weighted by molar-refractivity contribution is 6.04. The Kier molecular flexibility index (Phi) is 19.7. The summed E-state index contributed by atoms with van der Waals surface area (Å²) in [6.45, 7) is 21.6. The first-order chi connectivity index (χ1) is 47.2. The number of aryl methyl sites for hydroxylation is 2. The number of nitrogens with one attached hydrogen (secondary N) is 2. The molecule has 0 amide bonds. The van der Waals surface area contributed by atoms with E-state index in [1.165, 1.54) is 45.9 Å². The minimum absolute atomic E-state index is 0.0822. The SMILES string of the molecule is COC(=O)c1cnc(Nc2cc([N+](=O)[O-])c(N3CC4CC(C)(CC(=O)OC(C)(C)C)CC4C3)cc2OC)nc1-c1cn(C)c2ccccc12.COc1cc(N2CC3CC(C)(CC(=O)OC(C)(C)C)CC3C2)c([N+](=O)[O-])cc1Nc1ncc(C(=O)OC(C)C)c(-c2cn(C)c3ccccc23)n1. The summed E-state index contributed by atoms with van der Waals surface area (Å²) in [5.41, 5.74) is 4.38. The molecule has 0 spiro atoms. The van der Waals surface area contributed by atoms with Gasteiger partial charge in [-0.3, -0.25) is 29.8 Å². The van der Waals surface area contributed by atoms with Gasteiger partial charge in [-0.1, -0.05) is 50.2 Å². The third-order valence-electron chi connectivity index (χ3n) is 19.2. The second kappa shape index (κ2) is 27.7. The highest BCUT2D eigenvalue weighted by Gasteiger charge is 2.50. The van der Waals surface area contributed by atoms with Gasteiger partial charge in [0.2, 0.25) is 11.9 Å². The van der Waals surface area contributed by atoms with Crippen LogP contribution in [0.3, 0.4) is 0 Å². The molecule has 0 radical (unpaired) electrons. The maximum atomic E-state index is 13.2. The van der Waals surface area contributed by atoms with Crippen molar-refractivity contribution in [1.29, 1.82) is 0 Å². The van der Waals surface area contributed by atoms with E-state index in [0.29, 0.717) is 119 Å². The highest BCUT2D eigenvalue weighted by atomic mass is 16.6. The van der Waals surface area contributed by atoms with Crippen LogP contribution < -0.4 is 29.9 Å². The molecule has 6 heterocycles. The zero-order chi connectivity index (χ0) is 72.1. The summed E-state index contributed by atoms with van der Waals surface area (Å²) in [6.07, 6.45) is 10.3. The quantitative estimate of drug-likeness (QED) is 0.0329. The molecule has 8 aromatic rings. The van der Waals surface area contributed by atoms with E-state index in [4.69, 9.17) is 38.4 Å². The standard InChI is InChI=1S/C38H46N6O7.C36H42N6O7/c1-22(2)50-35(46)26-18-39-36(41-34(26)27-21-42(7)29-12-10-9-11-25(27)29)40-28-13-31(44(47)48)30(14-32(28)49-8)43-19-23-15-38(6,16-24(23)20-43)17-33(45)51-37(3,4)5;1-35(2,3)49-31(43)16-36(4)14-21-18-41(19-22(21)15-36)28-13-30(47-6)26(12-29(28)42(45)46)38-34-37-17-24(33(44)48-7)32(39-34)25-20-40(5)27-11-9-8-10-23(25)27/h9-14,18,21-24H,15-17,19-20H2,1-8H3,(H,39,40,41);8-13,17,20-22H,14-16,18-19H2,1-7H3,(H,37,38,39). The number of nitro benzene ring substituents is 2. The molecule has 4 aromatic heterocycles. The first kappa shape index (κ1) is 70.9. The van der Waals surface area contributed by atoms with E-state index in [0.717, 1.165) is 47.5 Å². The predicted molar refractivity (Wildman–Crippen MR) is 380 cm³/mol. The van der Waals surface area contributed by atoms with Gasteiger partial charge in [-0.05, 0) is 128 Å². The zero-order valence-corrected chi connectivity index (χ0v) is 59.4. The zero-order valence-electron chi connectivity index (χ0n) is 59.4. The molecule has 4 atom stereocenters. The number of anilines is 6. The lowest BCUT2D eigenvalue weighted by Gasteiger charge is -2.29. The van der Waals surface area contributed by atoms with Crippen LogP contribution in [0, 0.1) is 54.7 Å². The van der Waals surface area contributed by atoms with Crippen molar-refractivity contribution >= 4 is 91.7 Å². The number of para-hydroxylation sites is 2. The summed E-state index contributed by atoms with van der Waals surface area (Å²) >= 11 is 0. The normalized spacial score (nSPS) is 20.2. The van der Waals surface area contributed by atoms with Gasteiger partial charge in [-0.15, -0.1) is 0 Å². The molecule has 2 N–H and O–H groups in total. The number of nitro groups is 2. The fourth-order valence-corrected chi connectivity index (χ4v) is 15.4. The highest BCUT2D eigenvalue weighted by Crippen LogP contribution is 2.55. The maximum absolute atomic E-state index is 13.2. The summed E-state index contributed by atoms with van der Waals surface area (Å²) in [6, 6.07) is 21.8. The number of ether oxygens (including phenoxy) is 6. The molecule has 4 aliphatic rings. The number of hydrogen-bond donors (Lipinski definition) is 2. The number of fused-ring (bicyclic) bond motifs is 4. The smallest absolute Gasteiger partial charge is 0.342 e. The number of carbonyl (C=O) groups excluding carboxylic acids is 4. The van der Waals surface area contributed by atoms with Crippen molar-refractivity contribution in [1.82, 2.24) is 29.1 Å². The number of methoxy groups -OCH3 is 3. The average Bonchev–Trinajstić information content (AvgIpc) is 1.58. The van der Waals surface area contributed by atoms with Gasteiger partial charge in [-0.25, -0.2) is 29.5 Å². The Morgan fingerprint density at radius 2 is 0.960 bits per heavy atom. The van der Waals surface area contributed by atoms with Gasteiger partial charge in [0.25, 0.3) is 11.4 Å². The van der Waals surface area contributed by atoms with Gasteiger partial charge >= 0.3 is 23.9 Å². The van der Waals surface area contributed by atoms with Crippen LogP contribution in [0.2, 0.25) is 0 Å². The number of hydrogen-bond acceptors (Lipinski definition) is 22. The van der Waals surface area contributed by atoms with Crippen LogP contribution in [-0.4, -0.2) is 128 Å². The lowest BCUT2D eigenvalue weighted by Crippen LogP contribution is -2.29. The summed E-state index contributed by atoms with van der Waals surface area (Å²) in [5, 5.41) is 33.0. The van der Waals surface area contributed by atoms with Gasteiger partial charge in [0.1, 0.15) is 45.2 Å². The number of carbonyl (C=O) groups is 4. The largest absolute Gasteiger partial charge is 0.494 e. The molecule has 528 valence electrons. The minimum atomic E-state index is -0.590. The predicted octanol–water partition coefficient (Wildman–Crippen LogP) is 14.1. The first-order valence-electron chi connectivity index (χ1n) is 33.6. The molecule has 4 fully saturated rings. The molecular formula is C74H88N12O14. The fraction of sp³-hybridized carbons (Fsp3) is 0.459. The van der Waals surface area contributed by atoms with E-state index in [1.807, 2.05) is 131 Å². The average molecular weight is 1370 g/mol. The number of esters is 4. The molecule has 2 aliphatic carbocycles. The third-order valence-corrected chi connectivity index (χ3v) is 19.2. The van der Waals surface area contributed by atoms with E-state index in [9.17, 15) is 39.4 Å². The number of benzene rings is 4. The van der Waals surface area contributed by atoms with Crippen LogP contribution >= 0.6 is 0 Å². The molecule has 2 saturated carbocycles. The number of rotatable bonds is 19. The molecule has 2 saturated heterocycles. The lowest BCUT2D eigenvalue weighted by molar-refractivity contribution is -0.384. The summed E-state index contributed by atoms with van der Waals surface area (Å²) in [4.78, 5) is 97.8. The monoisotopic (exact) mass is 1370 g/mol. The van der Waals surface area contributed by atoms with Crippen LogP contribution in [0.4, 0.5) is 46.0 Å². The molecule has 100 heavy (non-hydrogen) atoms. The number of aromatic nitrogens is 6. The van der Waals surface area contributed by atoms with Gasteiger partial charge in [0.05, 0.1) is 72.9 Å². The Balaban J connectivity index is 0.000000202. The van der Waals surface area contributed by atoms with Crippen molar-refractivity contribution < 1.29 is 57.4 Å². The molecule has 4 aromatic carbocycles. The van der Waals surface area contributed by atoms with Gasteiger partial charge < -0.3 is 58.0 Å². The minimum Gasteiger partial charge on any atom is -0.494 e. The maximum Gasteiger partial charge on any atom is 0.342 e. The van der Waals surface area contributed by atoms with Crippen LogP contribution in [0.5, 0.6) is 11.5 Å². The Bertz CT molecular complexity index is 4480. The first-order valence-corrected chi connectivity index (χ1v) is 33.6. The third kappa shape index (κ3) is 15.2. The van der Waals surface area contributed by atoms with E-state index >= 15 is 0 Å². The summed E-state index contributed by atoms with van der Waals surface area (Å²) in [5.74, 6) is 0.647. The van der Waals surface area contributed by atoms with Crippen LogP contribution in [0.15, 0.2) is 97.6 Å². The van der Waals surface area contributed by atoms with Gasteiger partial charge in [0, 0.05) is 122 Å². The molecule has 26 heteroatoms. The topological polar surface area (TPSA) is 302 Å². The van der Waals surface area contributed by atoms with Crippen molar-refractivity contribution in [3.05, 3.63) is 129 Å². The molecule has 12 rings (SSSR count).